The van der Waals surface area contributed by atoms with E-state index >= 15 is 0 Å². The average molecular weight is 223 g/mol. The van der Waals surface area contributed by atoms with Crippen LogP contribution in [0.25, 0.3) is 0 Å². The Morgan fingerprint density at radius 2 is 2.27 bits per heavy atom. The Morgan fingerprint density at radius 1 is 1.47 bits per heavy atom. The Hall–Kier alpha value is -0.340. The van der Waals surface area contributed by atoms with Crippen LogP contribution in [0.1, 0.15) is 38.0 Å². The third-order valence-electron chi connectivity index (χ3n) is 3.36. The van der Waals surface area contributed by atoms with E-state index in [1.54, 1.807) is 0 Å². The van der Waals surface area contributed by atoms with Gasteiger partial charge in [-0.3, -0.25) is 0 Å². The summed E-state index contributed by atoms with van der Waals surface area (Å²) >= 11 is 1.88. The van der Waals surface area contributed by atoms with Crippen LogP contribution in [0, 0.1) is 5.92 Å². The zero-order chi connectivity index (χ0) is 10.7. The summed E-state index contributed by atoms with van der Waals surface area (Å²) in [5, 5.41) is 5.86. The number of hydrogen-bond donors (Lipinski definition) is 1. The van der Waals surface area contributed by atoms with Crippen LogP contribution in [-0.2, 0) is 6.42 Å². The van der Waals surface area contributed by atoms with Gasteiger partial charge in [-0.1, -0.05) is 13.0 Å². The lowest BCUT2D eigenvalue weighted by atomic mass is 9.97. The molecule has 15 heavy (non-hydrogen) atoms. The third kappa shape index (κ3) is 3.62. The van der Waals surface area contributed by atoms with Crippen LogP contribution >= 0.6 is 11.3 Å². The van der Waals surface area contributed by atoms with Gasteiger partial charge >= 0.3 is 0 Å². The van der Waals surface area contributed by atoms with Crippen LogP contribution in [0.5, 0.6) is 0 Å². The molecule has 0 aromatic carbocycles. The average Bonchev–Trinajstić information content (AvgIpc) is 2.88. The second-order valence-electron chi connectivity index (χ2n) is 4.82. The summed E-state index contributed by atoms with van der Waals surface area (Å²) < 4.78 is 0. The third-order valence-corrected chi connectivity index (χ3v) is 4.29. The predicted molar refractivity (Wildman–Crippen MR) is 67.4 cm³/mol. The molecule has 2 unspecified atom stereocenters. The second-order valence-corrected chi connectivity index (χ2v) is 5.86. The molecule has 1 aliphatic rings. The van der Waals surface area contributed by atoms with Crippen molar-refractivity contribution in [1.82, 2.24) is 5.32 Å². The van der Waals surface area contributed by atoms with Crippen molar-refractivity contribution in [1.29, 1.82) is 0 Å². The molecule has 0 radical (unpaired) electrons. The highest BCUT2D eigenvalue weighted by Gasteiger charge is 2.24. The van der Waals surface area contributed by atoms with Gasteiger partial charge in [0, 0.05) is 17.0 Å². The van der Waals surface area contributed by atoms with Crippen LogP contribution in [0.4, 0.5) is 0 Å². The van der Waals surface area contributed by atoms with Crippen LogP contribution < -0.4 is 5.32 Å². The van der Waals surface area contributed by atoms with Crippen molar-refractivity contribution in [3.8, 4) is 0 Å². The first-order chi connectivity index (χ1) is 7.25. The fourth-order valence-corrected chi connectivity index (χ4v) is 2.59. The minimum absolute atomic E-state index is 0.678. The van der Waals surface area contributed by atoms with Gasteiger partial charge in [0.2, 0.25) is 0 Å². The van der Waals surface area contributed by atoms with Crippen LogP contribution in [-0.4, -0.2) is 12.1 Å². The maximum Gasteiger partial charge on any atom is 0.00708 e. The highest BCUT2D eigenvalue weighted by molar-refractivity contribution is 7.09. The Balaban J connectivity index is 1.68. The summed E-state index contributed by atoms with van der Waals surface area (Å²) in [4.78, 5) is 1.53. The van der Waals surface area contributed by atoms with E-state index in [1.807, 2.05) is 11.3 Å². The Kier molecular flexibility index (Phi) is 3.81. The lowest BCUT2D eigenvalue weighted by Gasteiger charge is -2.20. The molecule has 0 amide bonds. The van der Waals surface area contributed by atoms with Gasteiger partial charge in [0.05, 0.1) is 0 Å². The van der Waals surface area contributed by atoms with E-state index in [2.05, 4.69) is 36.7 Å². The quantitative estimate of drug-likeness (QED) is 0.779. The molecule has 84 valence electrons. The van der Waals surface area contributed by atoms with Crippen molar-refractivity contribution in [2.45, 2.75) is 51.6 Å². The summed E-state index contributed by atoms with van der Waals surface area (Å²) in [6.45, 7) is 4.70. The van der Waals surface area contributed by atoms with Crippen molar-refractivity contribution in [3.63, 3.8) is 0 Å². The standard InChI is InChI=1S/C13H21NS/c1-10(11(2)14-12-6-7-12)5-8-13-4-3-9-15-13/h3-4,9-12,14H,5-8H2,1-2H3. The Morgan fingerprint density at radius 3 is 2.87 bits per heavy atom. The lowest BCUT2D eigenvalue weighted by molar-refractivity contribution is 0.378. The molecule has 1 aliphatic carbocycles. The van der Waals surface area contributed by atoms with Crippen molar-refractivity contribution in [2.75, 3.05) is 0 Å². The largest absolute Gasteiger partial charge is 0.311 e. The van der Waals surface area contributed by atoms with Crippen molar-refractivity contribution >= 4 is 11.3 Å². The first kappa shape index (κ1) is 11.2. The van der Waals surface area contributed by atoms with Crippen LogP contribution in [0.2, 0.25) is 0 Å². The second kappa shape index (κ2) is 5.13. The topological polar surface area (TPSA) is 12.0 Å². The van der Waals surface area contributed by atoms with Gasteiger partial charge < -0.3 is 5.32 Å². The Labute approximate surface area is 96.9 Å². The zero-order valence-corrected chi connectivity index (χ0v) is 10.5. The maximum absolute atomic E-state index is 3.69. The first-order valence-corrected chi connectivity index (χ1v) is 6.92. The number of aryl methyl sites for hydroxylation is 1. The maximum atomic E-state index is 3.69. The number of nitrogens with one attached hydrogen (secondary N) is 1. The monoisotopic (exact) mass is 223 g/mol. The molecule has 2 rings (SSSR count). The number of rotatable bonds is 6. The molecule has 0 aliphatic heterocycles. The number of thiophene rings is 1. The van der Waals surface area contributed by atoms with Gasteiger partial charge in [0.25, 0.3) is 0 Å². The highest BCUT2D eigenvalue weighted by atomic mass is 32.1. The van der Waals surface area contributed by atoms with Crippen LogP contribution in [0.15, 0.2) is 17.5 Å². The highest BCUT2D eigenvalue weighted by Crippen LogP contribution is 2.22. The molecule has 2 atom stereocenters. The normalized spacial score (nSPS) is 20.1. The van der Waals surface area contributed by atoms with Gasteiger partial charge in [0.1, 0.15) is 0 Å². The molecule has 1 aromatic heterocycles. The minimum Gasteiger partial charge on any atom is -0.311 e. The molecule has 1 heterocycles. The van der Waals surface area contributed by atoms with E-state index in [0.717, 1.165) is 12.0 Å². The van der Waals surface area contributed by atoms with Gasteiger partial charge in [-0.05, 0) is 50.0 Å². The molecular formula is C13H21NS. The van der Waals surface area contributed by atoms with E-state index in [9.17, 15) is 0 Å². The van der Waals surface area contributed by atoms with E-state index in [4.69, 9.17) is 0 Å². The summed E-state index contributed by atoms with van der Waals surface area (Å²) in [7, 11) is 0. The van der Waals surface area contributed by atoms with Crippen molar-refractivity contribution in [2.24, 2.45) is 5.92 Å². The summed E-state index contributed by atoms with van der Waals surface area (Å²) in [5.41, 5.74) is 0. The molecule has 0 bridgehead atoms. The summed E-state index contributed by atoms with van der Waals surface area (Å²) in [5.74, 6) is 0.785. The predicted octanol–water partition coefficient (Wildman–Crippen LogP) is 3.46. The summed E-state index contributed by atoms with van der Waals surface area (Å²) in [6.07, 6.45) is 5.33. The van der Waals surface area contributed by atoms with Crippen molar-refractivity contribution in [3.05, 3.63) is 22.4 Å². The van der Waals surface area contributed by atoms with E-state index in [1.165, 1.54) is 30.6 Å². The fourth-order valence-electron chi connectivity index (χ4n) is 1.86. The van der Waals surface area contributed by atoms with E-state index in [-0.39, 0.29) is 0 Å². The minimum atomic E-state index is 0.678. The van der Waals surface area contributed by atoms with Gasteiger partial charge in [-0.2, -0.15) is 0 Å². The SMILES string of the molecule is CC(CCc1cccs1)C(C)NC1CC1. The lowest BCUT2D eigenvalue weighted by Crippen LogP contribution is -2.33. The van der Waals surface area contributed by atoms with Gasteiger partial charge in [0.15, 0.2) is 0 Å². The molecule has 1 saturated carbocycles. The molecule has 1 aromatic rings. The molecule has 2 heteroatoms. The molecule has 0 spiro atoms. The van der Waals surface area contributed by atoms with E-state index < -0.39 is 0 Å². The zero-order valence-electron chi connectivity index (χ0n) is 9.70. The summed E-state index contributed by atoms with van der Waals surface area (Å²) in [6, 6.07) is 5.91. The Bertz CT molecular complexity index is 277. The van der Waals surface area contributed by atoms with Crippen LogP contribution in [0.3, 0.4) is 0 Å². The van der Waals surface area contributed by atoms with Gasteiger partial charge in [-0.25, -0.2) is 0 Å². The molecular weight excluding hydrogens is 202 g/mol. The molecule has 1 nitrogen and oxygen atoms in total. The van der Waals surface area contributed by atoms with E-state index in [0.29, 0.717) is 6.04 Å². The number of hydrogen-bond acceptors (Lipinski definition) is 2. The molecule has 1 fully saturated rings. The molecule has 0 saturated heterocycles. The van der Waals surface area contributed by atoms with Crippen molar-refractivity contribution < 1.29 is 0 Å². The first-order valence-electron chi connectivity index (χ1n) is 6.04. The molecule has 1 N–H and O–H groups in total. The van der Waals surface area contributed by atoms with Gasteiger partial charge in [-0.15, -0.1) is 11.3 Å². The fraction of sp³-hybridized carbons (Fsp3) is 0.692. The smallest absolute Gasteiger partial charge is 0.00708 e.